The van der Waals surface area contributed by atoms with E-state index in [0.717, 1.165) is 0 Å². The maximum absolute atomic E-state index is 13.2. The minimum atomic E-state index is -0.561. The molecule has 2 heterocycles. The Balaban J connectivity index is 1.74. The number of nitrogens with zero attached hydrogens (tertiary/aromatic N) is 2. The lowest BCUT2D eigenvalue weighted by Gasteiger charge is -2.28. The number of amides is 2. The molecule has 0 saturated carbocycles. The molecule has 0 aliphatic carbocycles. The summed E-state index contributed by atoms with van der Waals surface area (Å²) in [7, 11) is 0. The van der Waals surface area contributed by atoms with Gasteiger partial charge in [0.1, 0.15) is 11.4 Å². The van der Waals surface area contributed by atoms with E-state index in [1.807, 2.05) is 6.07 Å². The van der Waals surface area contributed by atoms with E-state index in [1.165, 1.54) is 23.1 Å². The van der Waals surface area contributed by atoms with Gasteiger partial charge in [-0.3, -0.25) is 19.8 Å². The summed E-state index contributed by atoms with van der Waals surface area (Å²) in [4.78, 5) is 26.7. The number of anilines is 1. The molecule has 1 aliphatic rings. The van der Waals surface area contributed by atoms with E-state index in [1.54, 1.807) is 59.3 Å². The number of carbonyl (C=O) groups excluding carboxylic acids is 2. The van der Waals surface area contributed by atoms with Crippen molar-refractivity contribution in [3.63, 3.8) is 0 Å². The molecule has 4 rings (SSSR count). The van der Waals surface area contributed by atoms with Gasteiger partial charge in [-0.1, -0.05) is 18.2 Å². The number of halogens is 1. The number of para-hydroxylation sites is 1. The number of hydrogen-bond acceptors (Lipinski definition) is 3. The summed E-state index contributed by atoms with van der Waals surface area (Å²) in [5, 5.41) is 2.59. The Bertz CT molecular complexity index is 1100. The predicted molar refractivity (Wildman–Crippen MR) is 108 cm³/mol. The number of carbonyl (C=O) groups is 2. The van der Waals surface area contributed by atoms with E-state index in [9.17, 15) is 14.0 Å². The van der Waals surface area contributed by atoms with Crippen LogP contribution >= 0.6 is 12.2 Å². The second-order valence-corrected chi connectivity index (χ2v) is 6.46. The van der Waals surface area contributed by atoms with Crippen LogP contribution in [0.15, 0.2) is 78.5 Å². The van der Waals surface area contributed by atoms with E-state index >= 15 is 0 Å². The van der Waals surface area contributed by atoms with E-state index < -0.39 is 11.8 Å². The first-order valence-corrected chi connectivity index (χ1v) is 8.85. The third-order valence-electron chi connectivity index (χ3n) is 4.29. The molecule has 138 valence electrons. The van der Waals surface area contributed by atoms with Crippen molar-refractivity contribution in [1.82, 2.24) is 9.88 Å². The van der Waals surface area contributed by atoms with Crippen molar-refractivity contribution < 1.29 is 14.0 Å². The average Bonchev–Trinajstić information content (AvgIpc) is 3.15. The molecule has 5 nitrogen and oxygen atoms in total. The number of benzene rings is 2. The molecular formula is C21H14FN3O2S. The summed E-state index contributed by atoms with van der Waals surface area (Å²) in [6, 6.07) is 18.3. The Labute approximate surface area is 165 Å². The number of hydrogen-bond donors (Lipinski definition) is 1. The summed E-state index contributed by atoms with van der Waals surface area (Å²) in [5.74, 6) is -1.41. The highest BCUT2D eigenvalue weighted by Gasteiger charge is 2.34. The molecule has 7 heteroatoms. The fraction of sp³-hybridized carbons (Fsp3) is 0. The van der Waals surface area contributed by atoms with Crippen LogP contribution < -0.4 is 10.2 Å². The second kappa shape index (κ2) is 7.21. The van der Waals surface area contributed by atoms with Crippen LogP contribution in [0.2, 0.25) is 0 Å². The van der Waals surface area contributed by atoms with Crippen molar-refractivity contribution in [3.8, 4) is 5.69 Å². The van der Waals surface area contributed by atoms with Gasteiger partial charge in [0.25, 0.3) is 11.8 Å². The van der Waals surface area contributed by atoms with Gasteiger partial charge in [-0.05, 0) is 66.8 Å². The van der Waals surface area contributed by atoms with Crippen LogP contribution in [0.25, 0.3) is 11.8 Å². The smallest absolute Gasteiger partial charge is 0.270 e. The summed E-state index contributed by atoms with van der Waals surface area (Å²) in [5.41, 5.74) is 1.83. The fourth-order valence-electron chi connectivity index (χ4n) is 2.97. The number of rotatable bonds is 3. The van der Waals surface area contributed by atoms with Crippen LogP contribution in [0.3, 0.4) is 0 Å². The zero-order chi connectivity index (χ0) is 19.7. The third-order valence-corrected chi connectivity index (χ3v) is 4.58. The maximum atomic E-state index is 13.2. The van der Waals surface area contributed by atoms with Crippen molar-refractivity contribution in [1.29, 1.82) is 0 Å². The van der Waals surface area contributed by atoms with Gasteiger partial charge in [0.05, 0.1) is 5.69 Å². The molecule has 0 bridgehead atoms. The molecule has 2 amide bonds. The van der Waals surface area contributed by atoms with Gasteiger partial charge in [0.2, 0.25) is 0 Å². The molecule has 0 spiro atoms. The summed E-state index contributed by atoms with van der Waals surface area (Å²) < 4.78 is 15.0. The minimum Gasteiger partial charge on any atom is -0.317 e. The van der Waals surface area contributed by atoms with Crippen molar-refractivity contribution in [2.75, 3.05) is 4.90 Å². The van der Waals surface area contributed by atoms with Crippen molar-refractivity contribution in [3.05, 3.63) is 90.0 Å². The highest BCUT2D eigenvalue weighted by Crippen LogP contribution is 2.23. The quantitative estimate of drug-likeness (QED) is 0.423. The number of nitrogens with one attached hydrogen (secondary N) is 1. The minimum absolute atomic E-state index is 0.0345. The first-order chi connectivity index (χ1) is 13.5. The van der Waals surface area contributed by atoms with Gasteiger partial charge in [0.15, 0.2) is 5.11 Å². The molecule has 28 heavy (non-hydrogen) atoms. The molecule has 1 aromatic heterocycles. The van der Waals surface area contributed by atoms with Crippen LogP contribution in [-0.4, -0.2) is 21.5 Å². The molecule has 3 aromatic rings. The lowest BCUT2D eigenvalue weighted by molar-refractivity contribution is -0.122. The van der Waals surface area contributed by atoms with Crippen molar-refractivity contribution in [2.24, 2.45) is 0 Å². The van der Waals surface area contributed by atoms with Gasteiger partial charge in [-0.15, -0.1) is 0 Å². The van der Waals surface area contributed by atoms with Crippen LogP contribution in [-0.2, 0) is 9.59 Å². The van der Waals surface area contributed by atoms with Crippen LogP contribution in [0.4, 0.5) is 10.1 Å². The van der Waals surface area contributed by atoms with E-state index in [-0.39, 0.29) is 16.5 Å². The van der Waals surface area contributed by atoms with Crippen molar-refractivity contribution in [2.45, 2.75) is 0 Å². The van der Waals surface area contributed by atoms with Crippen LogP contribution in [0, 0.1) is 5.82 Å². The Kier molecular flexibility index (Phi) is 4.58. The van der Waals surface area contributed by atoms with Gasteiger partial charge in [-0.2, -0.15) is 0 Å². The van der Waals surface area contributed by atoms with E-state index in [4.69, 9.17) is 12.2 Å². The number of thiocarbonyl (C=S) groups is 1. The molecule has 1 aliphatic heterocycles. The van der Waals surface area contributed by atoms with Crippen molar-refractivity contribution >= 4 is 40.9 Å². The van der Waals surface area contributed by atoms with Gasteiger partial charge >= 0.3 is 0 Å². The summed E-state index contributed by atoms with van der Waals surface area (Å²) in [6.07, 6.45) is 3.27. The highest BCUT2D eigenvalue weighted by atomic mass is 32.1. The number of aromatic nitrogens is 1. The van der Waals surface area contributed by atoms with Crippen LogP contribution in [0.5, 0.6) is 0 Å². The van der Waals surface area contributed by atoms with Gasteiger partial charge in [-0.25, -0.2) is 4.39 Å². The molecular weight excluding hydrogens is 377 g/mol. The topological polar surface area (TPSA) is 54.3 Å². The molecule has 1 N–H and O–H groups in total. The lowest BCUT2D eigenvalue weighted by Crippen LogP contribution is -2.54. The van der Waals surface area contributed by atoms with E-state index in [2.05, 4.69) is 5.32 Å². The zero-order valence-corrected chi connectivity index (χ0v) is 15.3. The molecule has 0 radical (unpaired) electrons. The SMILES string of the molecule is O=C1NC(=S)N(c2ccccc2)C(=O)/C1=C\c1cccn1-c1ccc(F)cc1. The Morgan fingerprint density at radius 3 is 2.32 bits per heavy atom. The first kappa shape index (κ1) is 17.8. The maximum Gasteiger partial charge on any atom is 0.270 e. The molecule has 1 saturated heterocycles. The normalized spacial score (nSPS) is 15.8. The van der Waals surface area contributed by atoms with Gasteiger partial charge in [0, 0.05) is 17.6 Å². The fourth-order valence-corrected chi connectivity index (χ4v) is 3.25. The van der Waals surface area contributed by atoms with Crippen LogP contribution in [0.1, 0.15) is 5.69 Å². The lowest BCUT2D eigenvalue weighted by atomic mass is 10.1. The highest BCUT2D eigenvalue weighted by molar-refractivity contribution is 7.80. The zero-order valence-electron chi connectivity index (χ0n) is 14.5. The average molecular weight is 391 g/mol. The largest absolute Gasteiger partial charge is 0.317 e. The summed E-state index contributed by atoms with van der Waals surface area (Å²) in [6.45, 7) is 0. The Morgan fingerprint density at radius 2 is 1.61 bits per heavy atom. The summed E-state index contributed by atoms with van der Waals surface area (Å²) >= 11 is 5.18. The Hall–Kier alpha value is -3.58. The van der Waals surface area contributed by atoms with E-state index in [0.29, 0.717) is 17.1 Å². The Morgan fingerprint density at radius 1 is 0.893 bits per heavy atom. The molecule has 1 fully saturated rings. The second-order valence-electron chi connectivity index (χ2n) is 6.07. The standard InChI is InChI=1S/C21H14FN3O2S/c22-14-8-10-15(11-9-14)24-12-4-7-17(24)13-18-19(26)23-21(28)25(20(18)27)16-5-2-1-3-6-16/h1-13H,(H,23,26,28)/b18-13-. The first-order valence-electron chi connectivity index (χ1n) is 8.44. The predicted octanol–water partition coefficient (Wildman–Crippen LogP) is 3.45. The molecule has 0 atom stereocenters. The molecule has 2 aromatic carbocycles. The monoisotopic (exact) mass is 391 g/mol. The third kappa shape index (κ3) is 3.23. The molecule has 0 unspecified atom stereocenters. The van der Waals surface area contributed by atoms with Gasteiger partial charge < -0.3 is 4.57 Å².